The molecular formula is C22H25ClN4O2. The SMILES string of the molecule is CN(C)[C@H]1CCC2Oc3ccc(-c4cncc(Cl)c4)cc3C3(COC(N)=N3)[C@H]2C1. The number of halogens is 1. The Labute approximate surface area is 175 Å². The smallest absolute Gasteiger partial charge is 0.283 e. The highest BCUT2D eigenvalue weighted by Crippen LogP contribution is 2.53. The number of hydrogen-bond acceptors (Lipinski definition) is 6. The van der Waals surface area contributed by atoms with Gasteiger partial charge in [-0.05, 0) is 57.1 Å². The fourth-order valence-electron chi connectivity index (χ4n) is 5.09. The van der Waals surface area contributed by atoms with Crippen molar-refractivity contribution in [3.8, 4) is 16.9 Å². The number of aromatic nitrogens is 1. The van der Waals surface area contributed by atoms with Crippen molar-refractivity contribution in [2.24, 2.45) is 16.6 Å². The zero-order chi connectivity index (χ0) is 20.2. The maximum atomic E-state index is 6.47. The van der Waals surface area contributed by atoms with E-state index in [1.807, 2.05) is 18.3 Å². The first-order valence-corrected chi connectivity index (χ1v) is 10.4. The van der Waals surface area contributed by atoms with E-state index >= 15 is 0 Å². The summed E-state index contributed by atoms with van der Waals surface area (Å²) in [6, 6.07) is 8.90. The van der Waals surface area contributed by atoms with Gasteiger partial charge in [-0.15, -0.1) is 0 Å². The summed E-state index contributed by atoms with van der Waals surface area (Å²) in [5.41, 5.74) is 8.54. The van der Waals surface area contributed by atoms with Crippen LogP contribution in [0.5, 0.6) is 5.75 Å². The molecular weight excluding hydrogens is 388 g/mol. The number of ether oxygens (including phenoxy) is 2. The molecule has 152 valence electrons. The van der Waals surface area contributed by atoms with Gasteiger partial charge >= 0.3 is 0 Å². The Morgan fingerprint density at radius 2 is 2.03 bits per heavy atom. The summed E-state index contributed by atoms with van der Waals surface area (Å²) in [4.78, 5) is 11.4. The van der Waals surface area contributed by atoms with E-state index in [1.54, 1.807) is 6.20 Å². The zero-order valence-electron chi connectivity index (χ0n) is 16.6. The Morgan fingerprint density at radius 1 is 1.17 bits per heavy atom. The molecule has 0 saturated heterocycles. The quantitative estimate of drug-likeness (QED) is 0.818. The van der Waals surface area contributed by atoms with E-state index in [9.17, 15) is 0 Å². The Hall–Kier alpha value is -2.31. The number of aliphatic imine (C=N–C) groups is 1. The van der Waals surface area contributed by atoms with Crippen molar-refractivity contribution < 1.29 is 9.47 Å². The molecule has 29 heavy (non-hydrogen) atoms. The largest absolute Gasteiger partial charge is 0.490 e. The molecule has 3 heterocycles. The van der Waals surface area contributed by atoms with Gasteiger partial charge < -0.3 is 20.1 Å². The minimum absolute atomic E-state index is 0.121. The van der Waals surface area contributed by atoms with E-state index in [-0.39, 0.29) is 18.0 Å². The maximum absolute atomic E-state index is 6.47. The van der Waals surface area contributed by atoms with E-state index in [0.717, 1.165) is 41.7 Å². The monoisotopic (exact) mass is 412 g/mol. The minimum atomic E-state index is -0.515. The lowest BCUT2D eigenvalue weighted by Gasteiger charge is -2.49. The van der Waals surface area contributed by atoms with Crippen LogP contribution in [0.25, 0.3) is 11.1 Å². The minimum Gasteiger partial charge on any atom is -0.490 e. The first-order chi connectivity index (χ1) is 14.0. The van der Waals surface area contributed by atoms with Crippen LogP contribution in [0, 0.1) is 5.92 Å². The van der Waals surface area contributed by atoms with Crippen LogP contribution in [0.3, 0.4) is 0 Å². The zero-order valence-corrected chi connectivity index (χ0v) is 17.4. The van der Waals surface area contributed by atoms with Crippen molar-refractivity contribution in [2.75, 3.05) is 20.7 Å². The van der Waals surface area contributed by atoms with E-state index < -0.39 is 5.54 Å². The molecule has 6 nitrogen and oxygen atoms in total. The molecule has 0 bridgehead atoms. The highest BCUT2D eigenvalue weighted by Gasteiger charge is 2.55. The van der Waals surface area contributed by atoms with Gasteiger partial charge in [0.1, 0.15) is 24.0 Å². The summed E-state index contributed by atoms with van der Waals surface area (Å²) in [5, 5.41) is 0.610. The number of nitrogens with two attached hydrogens (primary N) is 1. The molecule has 2 aliphatic heterocycles. The fourth-order valence-corrected chi connectivity index (χ4v) is 5.26. The summed E-state index contributed by atoms with van der Waals surface area (Å²) in [6.45, 7) is 0.452. The van der Waals surface area contributed by atoms with E-state index in [1.165, 1.54) is 0 Å². The van der Waals surface area contributed by atoms with Crippen molar-refractivity contribution in [1.29, 1.82) is 0 Å². The Kier molecular flexibility index (Phi) is 4.44. The summed E-state index contributed by atoms with van der Waals surface area (Å²) in [7, 11) is 4.28. The fraction of sp³-hybridized carbons (Fsp3) is 0.455. The van der Waals surface area contributed by atoms with Gasteiger partial charge in [0.2, 0.25) is 0 Å². The third kappa shape index (κ3) is 3.06. The number of fused-ring (bicyclic) bond motifs is 4. The Morgan fingerprint density at radius 3 is 2.76 bits per heavy atom. The molecule has 1 fully saturated rings. The normalized spacial score (nSPS) is 30.3. The van der Waals surface area contributed by atoms with Gasteiger partial charge in [-0.2, -0.15) is 0 Å². The van der Waals surface area contributed by atoms with Gasteiger partial charge in [-0.1, -0.05) is 17.7 Å². The number of pyridine rings is 1. The van der Waals surface area contributed by atoms with Crippen LogP contribution < -0.4 is 10.5 Å². The number of benzene rings is 1. The van der Waals surface area contributed by atoms with E-state index in [4.69, 9.17) is 31.8 Å². The van der Waals surface area contributed by atoms with Gasteiger partial charge in [0.25, 0.3) is 6.02 Å². The van der Waals surface area contributed by atoms with Crippen LogP contribution in [0.2, 0.25) is 5.02 Å². The number of hydrogen-bond donors (Lipinski definition) is 1. The molecule has 2 N–H and O–H groups in total. The van der Waals surface area contributed by atoms with E-state index in [0.29, 0.717) is 17.7 Å². The number of amidine groups is 1. The van der Waals surface area contributed by atoms with Crippen molar-refractivity contribution in [2.45, 2.75) is 36.9 Å². The summed E-state index contributed by atoms with van der Waals surface area (Å²) >= 11 is 6.16. The summed E-state index contributed by atoms with van der Waals surface area (Å²) < 4.78 is 12.2. The van der Waals surface area contributed by atoms with Crippen LogP contribution >= 0.6 is 11.6 Å². The third-order valence-corrected chi connectivity index (χ3v) is 6.82. The molecule has 1 aromatic heterocycles. The lowest BCUT2D eigenvalue weighted by atomic mass is 9.67. The first-order valence-electron chi connectivity index (χ1n) is 10.0. The average Bonchev–Trinajstić information content (AvgIpc) is 3.10. The lowest BCUT2D eigenvalue weighted by Crippen LogP contribution is -2.53. The second-order valence-corrected chi connectivity index (χ2v) is 8.90. The molecule has 2 unspecified atom stereocenters. The van der Waals surface area contributed by atoms with Gasteiger partial charge in [0, 0.05) is 35.5 Å². The topological polar surface area (TPSA) is 73.0 Å². The molecule has 4 atom stereocenters. The molecule has 7 heteroatoms. The second kappa shape index (κ2) is 6.89. The van der Waals surface area contributed by atoms with E-state index in [2.05, 4.69) is 36.1 Å². The lowest BCUT2D eigenvalue weighted by molar-refractivity contribution is -0.0155. The summed E-state index contributed by atoms with van der Waals surface area (Å²) in [6.07, 6.45) is 6.70. The van der Waals surface area contributed by atoms with Crippen LogP contribution in [-0.4, -0.2) is 48.8 Å². The maximum Gasteiger partial charge on any atom is 0.283 e. The molecule has 0 amide bonds. The van der Waals surface area contributed by atoms with Gasteiger partial charge in [0.05, 0.1) is 5.02 Å². The van der Waals surface area contributed by atoms with Crippen LogP contribution in [0.15, 0.2) is 41.7 Å². The van der Waals surface area contributed by atoms with Crippen LogP contribution in [0.1, 0.15) is 24.8 Å². The predicted octanol–water partition coefficient (Wildman–Crippen LogP) is 3.43. The highest BCUT2D eigenvalue weighted by atomic mass is 35.5. The molecule has 1 aromatic carbocycles. The first kappa shape index (κ1) is 18.7. The van der Waals surface area contributed by atoms with Crippen molar-refractivity contribution in [3.63, 3.8) is 0 Å². The highest BCUT2D eigenvalue weighted by molar-refractivity contribution is 6.30. The molecule has 5 rings (SSSR count). The van der Waals surface area contributed by atoms with Gasteiger partial charge in [0.15, 0.2) is 0 Å². The summed E-state index contributed by atoms with van der Waals surface area (Å²) in [5.74, 6) is 1.08. The van der Waals surface area contributed by atoms with Gasteiger partial charge in [-0.3, -0.25) is 4.98 Å². The second-order valence-electron chi connectivity index (χ2n) is 8.46. The molecule has 1 saturated carbocycles. The standard InChI is InChI=1S/C22H25ClN4O2/c1-27(2)16-4-6-20-18(9-16)22(12-28-21(24)26-22)17-8-13(3-5-19(17)29-20)14-7-15(23)11-25-10-14/h3,5,7-8,10-11,16,18,20H,4,6,9,12H2,1-2H3,(H2,24,26)/t16-,18-,20?,22?/m0/s1. The van der Waals surface area contributed by atoms with Crippen molar-refractivity contribution >= 4 is 17.6 Å². The predicted molar refractivity (Wildman–Crippen MR) is 113 cm³/mol. The number of rotatable bonds is 2. The van der Waals surface area contributed by atoms with Crippen molar-refractivity contribution in [1.82, 2.24) is 9.88 Å². The molecule has 3 aliphatic rings. The van der Waals surface area contributed by atoms with Crippen molar-refractivity contribution in [3.05, 3.63) is 47.2 Å². The average molecular weight is 413 g/mol. The van der Waals surface area contributed by atoms with Gasteiger partial charge in [-0.25, -0.2) is 4.99 Å². The third-order valence-electron chi connectivity index (χ3n) is 6.62. The molecule has 0 radical (unpaired) electrons. The Balaban J connectivity index is 1.63. The van der Waals surface area contributed by atoms with Crippen LogP contribution in [-0.2, 0) is 10.3 Å². The molecule has 1 spiro atoms. The number of nitrogens with zero attached hydrogens (tertiary/aromatic N) is 3. The molecule has 2 aromatic rings. The molecule has 1 aliphatic carbocycles. The van der Waals surface area contributed by atoms with Crippen LogP contribution in [0.4, 0.5) is 0 Å². The Bertz CT molecular complexity index is 979.